The molecule has 4 heteroatoms. The van der Waals surface area contributed by atoms with E-state index in [0.717, 1.165) is 17.7 Å². The van der Waals surface area contributed by atoms with E-state index in [1.807, 2.05) is 11.8 Å². The molecule has 1 N–H and O–H groups in total. The van der Waals surface area contributed by atoms with E-state index in [2.05, 4.69) is 35.9 Å². The Labute approximate surface area is 114 Å². The summed E-state index contributed by atoms with van der Waals surface area (Å²) in [6.07, 6.45) is 5.19. The topological polar surface area (TPSA) is 24.4 Å². The maximum atomic E-state index is 4.69. The molecule has 0 radical (unpaired) electrons. The summed E-state index contributed by atoms with van der Waals surface area (Å²) in [6, 6.07) is 0.683. The summed E-state index contributed by atoms with van der Waals surface area (Å²) in [5.74, 6) is 3.46. The molecule has 0 aromatic rings. The zero-order valence-corrected chi connectivity index (χ0v) is 12.6. The molecule has 2 rings (SSSR count). The predicted molar refractivity (Wildman–Crippen MR) is 81.2 cm³/mol. The van der Waals surface area contributed by atoms with Crippen molar-refractivity contribution in [2.75, 3.05) is 18.1 Å². The highest BCUT2D eigenvalue weighted by molar-refractivity contribution is 8.14. The molecule has 2 aliphatic rings. The van der Waals surface area contributed by atoms with Crippen LogP contribution in [0.1, 0.15) is 39.5 Å². The Morgan fingerprint density at radius 1 is 1.29 bits per heavy atom. The minimum absolute atomic E-state index is 0.683. The van der Waals surface area contributed by atoms with Gasteiger partial charge in [-0.3, -0.25) is 4.99 Å². The van der Waals surface area contributed by atoms with Crippen molar-refractivity contribution in [3.63, 3.8) is 0 Å². The van der Waals surface area contributed by atoms with Gasteiger partial charge in [-0.15, -0.1) is 0 Å². The van der Waals surface area contributed by atoms with E-state index in [1.54, 1.807) is 0 Å². The Morgan fingerprint density at radius 3 is 2.65 bits per heavy atom. The molecule has 98 valence electrons. The number of nitrogens with zero attached hydrogens (tertiary/aromatic N) is 1. The zero-order chi connectivity index (χ0) is 12.1. The van der Waals surface area contributed by atoms with Gasteiger partial charge in [0.1, 0.15) is 0 Å². The summed E-state index contributed by atoms with van der Waals surface area (Å²) >= 11 is 4.08. The van der Waals surface area contributed by atoms with Crippen molar-refractivity contribution in [2.24, 2.45) is 10.9 Å². The number of hydrogen-bond donors (Lipinski definition) is 1. The summed E-state index contributed by atoms with van der Waals surface area (Å²) in [6.45, 7) is 5.64. The summed E-state index contributed by atoms with van der Waals surface area (Å²) in [7, 11) is 0. The lowest BCUT2D eigenvalue weighted by Gasteiger charge is -2.24. The van der Waals surface area contributed by atoms with Crippen LogP contribution >= 0.6 is 23.5 Å². The Kier molecular flexibility index (Phi) is 5.54. The van der Waals surface area contributed by atoms with Gasteiger partial charge >= 0.3 is 0 Å². The zero-order valence-electron chi connectivity index (χ0n) is 10.9. The van der Waals surface area contributed by atoms with Gasteiger partial charge in [-0.1, -0.05) is 38.5 Å². The fourth-order valence-corrected chi connectivity index (χ4v) is 5.05. The van der Waals surface area contributed by atoms with E-state index >= 15 is 0 Å². The predicted octanol–water partition coefficient (Wildman–Crippen LogP) is 3.38. The fraction of sp³-hybridized carbons (Fsp3) is 0.923. The highest BCUT2D eigenvalue weighted by Gasteiger charge is 2.27. The Balaban J connectivity index is 1.76. The third-order valence-corrected chi connectivity index (χ3v) is 6.16. The normalized spacial score (nSPS) is 26.3. The molecule has 1 unspecified atom stereocenters. The van der Waals surface area contributed by atoms with Crippen LogP contribution in [0.15, 0.2) is 4.99 Å². The van der Waals surface area contributed by atoms with Crippen molar-refractivity contribution in [1.29, 1.82) is 0 Å². The molecule has 0 saturated carbocycles. The minimum Gasteiger partial charge on any atom is -0.362 e. The quantitative estimate of drug-likeness (QED) is 0.849. The van der Waals surface area contributed by atoms with E-state index in [-0.39, 0.29) is 0 Å². The number of amidine groups is 1. The molecular formula is C13H24N2S2. The van der Waals surface area contributed by atoms with Crippen LogP contribution in [0.3, 0.4) is 0 Å². The summed E-state index contributed by atoms with van der Waals surface area (Å²) in [5.41, 5.74) is 0. The number of hydrogen-bond acceptors (Lipinski definition) is 4. The molecule has 0 aromatic heterocycles. The van der Waals surface area contributed by atoms with E-state index in [1.165, 1.54) is 42.4 Å². The average Bonchev–Trinajstić information content (AvgIpc) is 2.81. The Morgan fingerprint density at radius 2 is 2.00 bits per heavy atom. The molecule has 2 aliphatic heterocycles. The number of nitrogens with one attached hydrogen (secondary N) is 1. The highest BCUT2D eigenvalue weighted by atomic mass is 32.2. The smallest absolute Gasteiger partial charge is 0.157 e. The van der Waals surface area contributed by atoms with Crippen LogP contribution in [0.4, 0.5) is 0 Å². The van der Waals surface area contributed by atoms with E-state index in [0.29, 0.717) is 6.04 Å². The maximum absolute atomic E-state index is 4.69. The lowest BCUT2D eigenvalue weighted by atomic mass is 9.99. The first-order chi connectivity index (χ1) is 8.33. The van der Waals surface area contributed by atoms with Crippen LogP contribution in [0.25, 0.3) is 0 Å². The van der Waals surface area contributed by atoms with Gasteiger partial charge in [-0.05, 0) is 30.3 Å². The second-order valence-corrected chi connectivity index (χ2v) is 7.36. The molecule has 2 nitrogen and oxygen atoms in total. The molecule has 2 heterocycles. The second-order valence-electron chi connectivity index (χ2n) is 4.91. The maximum Gasteiger partial charge on any atom is 0.157 e. The minimum atomic E-state index is 0.683. The van der Waals surface area contributed by atoms with E-state index in [9.17, 15) is 0 Å². The molecular weight excluding hydrogens is 248 g/mol. The largest absolute Gasteiger partial charge is 0.362 e. The summed E-state index contributed by atoms with van der Waals surface area (Å²) in [4.78, 5) is 4.69. The third-order valence-electron chi connectivity index (χ3n) is 3.80. The van der Waals surface area contributed by atoms with Gasteiger partial charge in [0.25, 0.3) is 0 Å². The van der Waals surface area contributed by atoms with E-state index in [4.69, 9.17) is 0 Å². The van der Waals surface area contributed by atoms with Gasteiger partial charge in [-0.25, -0.2) is 0 Å². The van der Waals surface area contributed by atoms with Gasteiger partial charge in [0.15, 0.2) is 5.17 Å². The SMILES string of the molecule is CCC(CC)C1CN=C(NC2CCSCC2)S1. The fourth-order valence-electron chi connectivity index (χ4n) is 2.55. The Hall–Kier alpha value is 0.170. The van der Waals surface area contributed by atoms with Crippen LogP contribution in [0.5, 0.6) is 0 Å². The van der Waals surface area contributed by atoms with Crippen LogP contribution < -0.4 is 5.32 Å². The first-order valence-corrected chi connectivity index (χ1v) is 8.92. The van der Waals surface area contributed by atoms with Crippen LogP contribution in [-0.4, -0.2) is 34.5 Å². The summed E-state index contributed by atoms with van der Waals surface area (Å²) < 4.78 is 0. The van der Waals surface area contributed by atoms with Gasteiger partial charge < -0.3 is 5.32 Å². The van der Waals surface area contributed by atoms with Crippen molar-refractivity contribution in [3.05, 3.63) is 0 Å². The van der Waals surface area contributed by atoms with Gasteiger partial charge in [0.2, 0.25) is 0 Å². The van der Waals surface area contributed by atoms with Gasteiger partial charge in [0.05, 0.1) is 6.54 Å². The molecule has 1 saturated heterocycles. The lowest BCUT2D eigenvalue weighted by molar-refractivity contribution is 0.479. The average molecular weight is 272 g/mol. The number of thioether (sulfide) groups is 2. The van der Waals surface area contributed by atoms with Crippen LogP contribution in [0.2, 0.25) is 0 Å². The Bertz CT molecular complexity index is 258. The van der Waals surface area contributed by atoms with Crippen molar-refractivity contribution in [2.45, 2.75) is 50.8 Å². The van der Waals surface area contributed by atoms with Crippen LogP contribution in [-0.2, 0) is 0 Å². The van der Waals surface area contributed by atoms with E-state index < -0.39 is 0 Å². The lowest BCUT2D eigenvalue weighted by Crippen LogP contribution is -2.35. The molecule has 0 aromatic carbocycles. The van der Waals surface area contributed by atoms with Crippen LogP contribution in [0, 0.1) is 5.92 Å². The highest BCUT2D eigenvalue weighted by Crippen LogP contribution is 2.31. The van der Waals surface area contributed by atoms with Crippen molar-refractivity contribution < 1.29 is 0 Å². The second kappa shape index (κ2) is 6.93. The molecule has 17 heavy (non-hydrogen) atoms. The van der Waals surface area contributed by atoms with Gasteiger partial charge in [-0.2, -0.15) is 11.8 Å². The van der Waals surface area contributed by atoms with Crippen molar-refractivity contribution >= 4 is 28.7 Å². The molecule has 0 spiro atoms. The third kappa shape index (κ3) is 3.82. The number of rotatable bonds is 4. The first-order valence-electron chi connectivity index (χ1n) is 6.88. The number of aliphatic imine (C=N–C) groups is 1. The van der Waals surface area contributed by atoms with Gasteiger partial charge in [0, 0.05) is 11.3 Å². The molecule has 0 aliphatic carbocycles. The van der Waals surface area contributed by atoms with Crippen molar-refractivity contribution in [3.8, 4) is 0 Å². The van der Waals surface area contributed by atoms with Crippen molar-refractivity contribution in [1.82, 2.24) is 5.32 Å². The molecule has 1 fully saturated rings. The molecule has 0 amide bonds. The summed E-state index contributed by atoms with van der Waals surface area (Å²) in [5, 5.41) is 5.60. The monoisotopic (exact) mass is 272 g/mol. The molecule has 0 bridgehead atoms. The standard InChI is InChI=1S/C13H24N2S2/c1-3-10(4-2)12-9-14-13(17-12)15-11-5-7-16-8-6-11/h10-12H,3-9H2,1-2H3,(H,14,15). The molecule has 1 atom stereocenters. The first kappa shape index (κ1) is 13.6.